The molecule has 1 aromatic rings. The average Bonchev–Trinajstić information content (AvgIpc) is 2.38. The molecule has 0 aliphatic carbocycles. The highest BCUT2D eigenvalue weighted by Crippen LogP contribution is 2.29. The standard InChI is InChI=1S/C13H19NO2/c14-16-10-7-11-3-1-2-4-13(11)12-5-8-15-9-6-12/h1-4,12H,5-10,14H2. The average molecular weight is 221 g/mol. The molecule has 0 atom stereocenters. The number of rotatable bonds is 4. The van der Waals surface area contributed by atoms with Crippen LogP contribution in [-0.2, 0) is 16.0 Å². The van der Waals surface area contributed by atoms with Gasteiger partial charge in [-0.2, -0.15) is 0 Å². The van der Waals surface area contributed by atoms with Gasteiger partial charge in [-0.3, -0.25) is 0 Å². The Labute approximate surface area is 96.5 Å². The van der Waals surface area contributed by atoms with Gasteiger partial charge in [-0.1, -0.05) is 24.3 Å². The van der Waals surface area contributed by atoms with E-state index in [0.717, 1.165) is 32.5 Å². The second-order valence-electron chi connectivity index (χ2n) is 4.21. The minimum absolute atomic E-state index is 0.584. The lowest BCUT2D eigenvalue weighted by Gasteiger charge is -2.24. The fourth-order valence-electron chi connectivity index (χ4n) is 2.34. The summed E-state index contributed by atoms with van der Waals surface area (Å²) in [6, 6.07) is 8.58. The molecule has 1 aromatic carbocycles. The summed E-state index contributed by atoms with van der Waals surface area (Å²) < 4.78 is 5.40. The largest absolute Gasteiger partial charge is 0.381 e. The van der Waals surface area contributed by atoms with Gasteiger partial charge in [0.2, 0.25) is 0 Å². The van der Waals surface area contributed by atoms with Crippen LogP contribution in [0.3, 0.4) is 0 Å². The molecule has 1 saturated heterocycles. The van der Waals surface area contributed by atoms with Crippen molar-refractivity contribution >= 4 is 0 Å². The number of benzene rings is 1. The van der Waals surface area contributed by atoms with Crippen molar-refractivity contribution in [1.29, 1.82) is 0 Å². The fraction of sp³-hybridized carbons (Fsp3) is 0.538. The summed E-state index contributed by atoms with van der Waals surface area (Å²) in [4.78, 5) is 4.66. The Kier molecular flexibility index (Phi) is 4.34. The Morgan fingerprint density at radius 2 is 2.00 bits per heavy atom. The van der Waals surface area contributed by atoms with Gasteiger partial charge in [-0.25, -0.2) is 5.90 Å². The van der Waals surface area contributed by atoms with E-state index in [9.17, 15) is 0 Å². The molecule has 0 spiro atoms. The molecule has 1 aliphatic rings. The molecule has 0 radical (unpaired) electrons. The molecule has 2 rings (SSSR count). The highest BCUT2D eigenvalue weighted by atomic mass is 16.6. The van der Waals surface area contributed by atoms with Crippen molar-refractivity contribution in [3.05, 3.63) is 35.4 Å². The first kappa shape index (κ1) is 11.6. The van der Waals surface area contributed by atoms with Crippen LogP contribution in [0.2, 0.25) is 0 Å². The van der Waals surface area contributed by atoms with Crippen molar-refractivity contribution in [3.63, 3.8) is 0 Å². The lowest BCUT2D eigenvalue weighted by atomic mass is 9.87. The van der Waals surface area contributed by atoms with Crippen LogP contribution in [0.15, 0.2) is 24.3 Å². The van der Waals surface area contributed by atoms with E-state index in [2.05, 4.69) is 29.1 Å². The normalized spacial score (nSPS) is 17.6. The van der Waals surface area contributed by atoms with E-state index < -0.39 is 0 Å². The van der Waals surface area contributed by atoms with Crippen molar-refractivity contribution in [3.8, 4) is 0 Å². The van der Waals surface area contributed by atoms with Crippen molar-refractivity contribution in [2.45, 2.75) is 25.2 Å². The van der Waals surface area contributed by atoms with Gasteiger partial charge < -0.3 is 9.57 Å². The third-order valence-electron chi connectivity index (χ3n) is 3.21. The highest BCUT2D eigenvalue weighted by Gasteiger charge is 2.18. The molecular weight excluding hydrogens is 202 g/mol. The van der Waals surface area contributed by atoms with Crippen LogP contribution in [0, 0.1) is 0 Å². The van der Waals surface area contributed by atoms with Gasteiger partial charge >= 0.3 is 0 Å². The summed E-state index contributed by atoms with van der Waals surface area (Å²) >= 11 is 0. The zero-order valence-corrected chi connectivity index (χ0v) is 9.52. The Bertz CT molecular complexity index is 321. The van der Waals surface area contributed by atoms with Gasteiger partial charge in [-0.15, -0.1) is 0 Å². The van der Waals surface area contributed by atoms with Crippen molar-refractivity contribution in [2.24, 2.45) is 5.90 Å². The Balaban J connectivity index is 2.11. The lowest BCUT2D eigenvalue weighted by molar-refractivity contribution is 0.0849. The molecule has 1 aliphatic heterocycles. The SMILES string of the molecule is NOCCc1ccccc1C1CCOCC1. The van der Waals surface area contributed by atoms with Gasteiger partial charge in [0.1, 0.15) is 0 Å². The first-order valence-corrected chi connectivity index (χ1v) is 5.89. The second kappa shape index (κ2) is 5.99. The maximum Gasteiger partial charge on any atom is 0.0719 e. The third-order valence-corrected chi connectivity index (χ3v) is 3.21. The van der Waals surface area contributed by atoms with Gasteiger partial charge in [0.15, 0.2) is 0 Å². The molecule has 0 amide bonds. The zero-order valence-electron chi connectivity index (χ0n) is 9.52. The smallest absolute Gasteiger partial charge is 0.0719 e. The molecule has 2 N–H and O–H groups in total. The molecule has 1 heterocycles. The van der Waals surface area contributed by atoms with Crippen molar-refractivity contribution in [2.75, 3.05) is 19.8 Å². The molecule has 0 unspecified atom stereocenters. The van der Waals surface area contributed by atoms with E-state index in [1.807, 2.05) is 0 Å². The number of hydrogen-bond acceptors (Lipinski definition) is 3. The Morgan fingerprint density at radius 1 is 1.25 bits per heavy atom. The van der Waals surface area contributed by atoms with Crippen LogP contribution >= 0.6 is 0 Å². The van der Waals surface area contributed by atoms with Gasteiger partial charge in [0.25, 0.3) is 0 Å². The van der Waals surface area contributed by atoms with E-state index >= 15 is 0 Å². The molecule has 0 saturated carbocycles. The summed E-state index contributed by atoms with van der Waals surface area (Å²) in [5.74, 6) is 5.73. The summed E-state index contributed by atoms with van der Waals surface area (Å²) in [6.07, 6.45) is 3.14. The summed E-state index contributed by atoms with van der Waals surface area (Å²) in [5, 5.41) is 0. The molecule has 0 aromatic heterocycles. The van der Waals surface area contributed by atoms with E-state index in [1.54, 1.807) is 0 Å². The number of hydrogen-bond donors (Lipinski definition) is 1. The van der Waals surface area contributed by atoms with E-state index in [0.29, 0.717) is 12.5 Å². The van der Waals surface area contributed by atoms with E-state index in [1.165, 1.54) is 11.1 Å². The lowest BCUT2D eigenvalue weighted by Crippen LogP contribution is -2.16. The molecule has 3 heteroatoms. The van der Waals surface area contributed by atoms with Crippen molar-refractivity contribution < 1.29 is 9.57 Å². The van der Waals surface area contributed by atoms with Crippen LogP contribution in [0.25, 0.3) is 0 Å². The topological polar surface area (TPSA) is 44.5 Å². The molecule has 16 heavy (non-hydrogen) atoms. The predicted octanol–water partition coefficient (Wildman–Crippen LogP) is 2.01. The molecule has 0 bridgehead atoms. The number of ether oxygens (including phenoxy) is 1. The maximum atomic E-state index is 5.40. The first-order chi connectivity index (χ1) is 7.92. The molecule has 3 nitrogen and oxygen atoms in total. The molecule has 88 valence electrons. The summed E-state index contributed by atoms with van der Waals surface area (Å²) in [7, 11) is 0. The summed E-state index contributed by atoms with van der Waals surface area (Å²) in [6.45, 7) is 2.35. The maximum absolute atomic E-state index is 5.40. The van der Waals surface area contributed by atoms with Crippen molar-refractivity contribution in [1.82, 2.24) is 0 Å². The Hall–Kier alpha value is -0.900. The van der Waals surface area contributed by atoms with Gasteiger partial charge in [0, 0.05) is 13.2 Å². The highest BCUT2D eigenvalue weighted by molar-refractivity contribution is 5.31. The molecule has 1 fully saturated rings. The monoisotopic (exact) mass is 221 g/mol. The van der Waals surface area contributed by atoms with Gasteiger partial charge in [-0.05, 0) is 36.3 Å². The van der Waals surface area contributed by atoms with Crippen LogP contribution in [0.1, 0.15) is 29.9 Å². The number of nitrogens with two attached hydrogens (primary N) is 1. The second-order valence-corrected chi connectivity index (χ2v) is 4.21. The predicted molar refractivity (Wildman–Crippen MR) is 63.1 cm³/mol. The van der Waals surface area contributed by atoms with Crippen LogP contribution in [0.5, 0.6) is 0 Å². The zero-order chi connectivity index (χ0) is 11.2. The van der Waals surface area contributed by atoms with E-state index in [-0.39, 0.29) is 0 Å². The quantitative estimate of drug-likeness (QED) is 0.791. The summed E-state index contributed by atoms with van der Waals surface area (Å²) in [5.41, 5.74) is 2.81. The van der Waals surface area contributed by atoms with Gasteiger partial charge in [0.05, 0.1) is 6.61 Å². The minimum Gasteiger partial charge on any atom is -0.381 e. The van der Waals surface area contributed by atoms with Crippen LogP contribution in [-0.4, -0.2) is 19.8 Å². The van der Waals surface area contributed by atoms with E-state index in [4.69, 9.17) is 10.6 Å². The first-order valence-electron chi connectivity index (χ1n) is 5.89. The van der Waals surface area contributed by atoms with Crippen LogP contribution in [0.4, 0.5) is 0 Å². The fourth-order valence-corrected chi connectivity index (χ4v) is 2.34. The molecular formula is C13H19NO2. The Morgan fingerprint density at radius 3 is 2.75 bits per heavy atom. The minimum atomic E-state index is 0.584. The third kappa shape index (κ3) is 2.82. The van der Waals surface area contributed by atoms with Crippen LogP contribution < -0.4 is 5.90 Å².